The lowest BCUT2D eigenvalue weighted by molar-refractivity contribution is 0.900. The van der Waals surface area contributed by atoms with E-state index in [1.807, 2.05) is 37.3 Å². The Morgan fingerprint density at radius 3 is 2.53 bits per heavy atom. The zero-order chi connectivity index (χ0) is 11.1. The Labute approximate surface area is 90.0 Å². The van der Waals surface area contributed by atoms with Crippen molar-refractivity contribution in [3.05, 3.63) is 47.5 Å². The van der Waals surface area contributed by atoms with Crippen LogP contribution in [0.1, 0.15) is 12.5 Å². The van der Waals surface area contributed by atoms with Crippen LogP contribution in [0, 0.1) is 5.41 Å². The van der Waals surface area contributed by atoms with Crippen LogP contribution in [0.2, 0.25) is 0 Å². The van der Waals surface area contributed by atoms with E-state index in [1.165, 1.54) is 6.21 Å². The van der Waals surface area contributed by atoms with Crippen molar-refractivity contribution in [3.63, 3.8) is 0 Å². The van der Waals surface area contributed by atoms with Crippen molar-refractivity contribution in [2.45, 2.75) is 6.92 Å². The molecule has 0 aliphatic heterocycles. The molecule has 15 heavy (non-hydrogen) atoms. The minimum Gasteiger partial charge on any atom is -0.313 e. The second-order valence-electron chi connectivity index (χ2n) is 3.07. The molecule has 0 bridgehead atoms. The van der Waals surface area contributed by atoms with E-state index < -0.39 is 0 Å². The molecule has 1 rings (SSSR count). The largest absolute Gasteiger partial charge is 0.313 e. The summed E-state index contributed by atoms with van der Waals surface area (Å²) in [6.45, 7) is 1.94. The molecular formula is C12H15N3. The van der Waals surface area contributed by atoms with E-state index in [2.05, 4.69) is 10.5 Å². The third-order valence-electron chi connectivity index (χ3n) is 1.98. The lowest BCUT2D eigenvalue weighted by Crippen LogP contribution is -2.08. The molecule has 78 valence electrons. The lowest BCUT2D eigenvalue weighted by Gasteiger charge is -2.06. The van der Waals surface area contributed by atoms with Gasteiger partial charge in [-0.2, -0.15) is 5.10 Å². The Bertz CT molecular complexity index is 377. The van der Waals surface area contributed by atoms with Gasteiger partial charge in [-0.25, -0.2) is 0 Å². The third kappa shape index (κ3) is 3.06. The maximum atomic E-state index is 7.04. The quantitative estimate of drug-likeness (QED) is 0.569. The van der Waals surface area contributed by atoms with Gasteiger partial charge in [0.15, 0.2) is 0 Å². The highest BCUT2D eigenvalue weighted by Gasteiger charge is 2.04. The number of benzene rings is 1. The standard InChI is InChI=1S/C12H15N3/c1-10(8-9-13)12(15-14-2)11-6-4-3-5-7-11/h3-9,13-14H,1-2H3/b10-8-,13-9?,15-12+. The highest BCUT2D eigenvalue weighted by atomic mass is 15.3. The predicted octanol–water partition coefficient (Wildman–Crippen LogP) is 2.21. The fraction of sp³-hybridized carbons (Fsp3) is 0.167. The van der Waals surface area contributed by atoms with Crippen LogP contribution in [0.25, 0.3) is 0 Å². The fourth-order valence-electron chi connectivity index (χ4n) is 1.29. The minimum atomic E-state index is 0.863. The molecule has 0 saturated heterocycles. The summed E-state index contributed by atoms with van der Waals surface area (Å²) in [5.41, 5.74) is 5.65. The van der Waals surface area contributed by atoms with E-state index in [-0.39, 0.29) is 0 Å². The first-order valence-corrected chi connectivity index (χ1v) is 4.77. The van der Waals surface area contributed by atoms with E-state index in [0.717, 1.165) is 16.8 Å². The first kappa shape index (κ1) is 11.2. The lowest BCUT2D eigenvalue weighted by atomic mass is 10.0. The Morgan fingerprint density at radius 1 is 1.33 bits per heavy atom. The van der Waals surface area contributed by atoms with E-state index in [1.54, 1.807) is 13.1 Å². The number of rotatable bonds is 4. The van der Waals surface area contributed by atoms with Gasteiger partial charge in [0.2, 0.25) is 0 Å². The van der Waals surface area contributed by atoms with Gasteiger partial charge in [-0.15, -0.1) is 0 Å². The Kier molecular flexibility index (Phi) is 4.29. The number of hydrogen-bond donors (Lipinski definition) is 2. The van der Waals surface area contributed by atoms with Gasteiger partial charge in [-0.1, -0.05) is 30.3 Å². The van der Waals surface area contributed by atoms with Crippen molar-refractivity contribution in [2.75, 3.05) is 7.05 Å². The highest BCUT2D eigenvalue weighted by Crippen LogP contribution is 2.08. The second-order valence-corrected chi connectivity index (χ2v) is 3.07. The van der Waals surface area contributed by atoms with Crippen molar-refractivity contribution < 1.29 is 0 Å². The fourth-order valence-corrected chi connectivity index (χ4v) is 1.29. The van der Waals surface area contributed by atoms with Crippen molar-refractivity contribution in [2.24, 2.45) is 5.10 Å². The summed E-state index contributed by atoms with van der Waals surface area (Å²) in [6, 6.07) is 9.90. The van der Waals surface area contributed by atoms with E-state index in [0.29, 0.717) is 0 Å². The molecule has 0 aliphatic carbocycles. The molecule has 1 aromatic rings. The average molecular weight is 201 g/mol. The van der Waals surface area contributed by atoms with E-state index in [9.17, 15) is 0 Å². The Hall–Kier alpha value is -1.90. The zero-order valence-corrected chi connectivity index (χ0v) is 8.99. The van der Waals surface area contributed by atoms with Crippen LogP contribution in [0.4, 0.5) is 0 Å². The van der Waals surface area contributed by atoms with Crippen molar-refractivity contribution in [1.29, 1.82) is 5.41 Å². The Morgan fingerprint density at radius 2 is 2.00 bits per heavy atom. The average Bonchev–Trinajstić information content (AvgIpc) is 2.27. The molecule has 0 atom stereocenters. The van der Waals surface area contributed by atoms with Gasteiger partial charge < -0.3 is 10.8 Å². The molecule has 3 heteroatoms. The summed E-state index contributed by atoms with van der Waals surface area (Å²) in [5.74, 6) is 0. The van der Waals surface area contributed by atoms with Gasteiger partial charge in [0.25, 0.3) is 0 Å². The van der Waals surface area contributed by atoms with Gasteiger partial charge in [0.05, 0.1) is 5.71 Å². The molecule has 0 spiro atoms. The molecule has 0 fully saturated rings. The summed E-state index contributed by atoms with van der Waals surface area (Å²) >= 11 is 0. The van der Waals surface area contributed by atoms with Crippen LogP contribution in [0.15, 0.2) is 47.1 Å². The molecule has 0 aliphatic rings. The normalized spacial score (nSPS) is 12.4. The molecular weight excluding hydrogens is 186 g/mol. The van der Waals surface area contributed by atoms with Gasteiger partial charge in [-0.3, -0.25) is 0 Å². The zero-order valence-electron chi connectivity index (χ0n) is 8.99. The molecule has 0 radical (unpaired) electrons. The van der Waals surface area contributed by atoms with Crippen LogP contribution in [-0.4, -0.2) is 19.0 Å². The van der Waals surface area contributed by atoms with Gasteiger partial charge >= 0.3 is 0 Å². The maximum absolute atomic E-state index is 7.04. The number of nitrogens with one attached hydrogen (secondary N) is 2. The van der Waals surface area contributed by atoms with Gasteiger partial charge in [-0.05, 0) is 18.6 Å². The minimum absolute atomic E-state index is 0.863. The summed E-state index contributed by atoms with van der Waals surface area (Å²) in [4.78, 5) is 0. The van der Waals surface area contributed by atoms with E-state index >= 15 is 0 Å². The first-order valence-electron chi connectivity index (χ1n) is 4.77. The molecule has 0 heterocycles. The maximum Gasteiger partial charge on any atom is 0.0931 e. The monoisotopic (exact) mass is 201 g/mol. The smallest absolute Gasteiger partial charge is 0.0931 e. The molecule has 0 unspecified atom stereocenters. The first-order chi connectivity index (χ1) is 7.29. The topological polar surface area (TPSA) is 48.2 Å². The molecule has 0 saturated carbocycles. The van der Waals surface area contributed by atoms with Crippen molar-refractivity contribution >= 4 is 11.9 Å². The number of hydrogen-bond acceptors (Lipinski definition) is 3. The molecule has 2 N–H and O–H groups in total. The van der Waals surface area contributed by atoms with Gasteiger partial charge in [0.1, 0.15) is 0 Å². The summed E-state index contributed by atoms with van der Waals surface area (Å²) in [7, 11) is 1.76. The van der Waals surface area contributed by atoms with Crippen LogP contribution in [-0.2, 0) is 0 Å². The molecule has 1 aromatic carbocycles. The predicted molar refractivity (Wildman–Crippen MR) is 64.6 cm³/mol. The SMILES string of the molecule is CN/N=C(\C(C)=C/C=N)c1ccccc1. The van der Waals surface area contributed by atoms with Crippen molar-refractivity contribution in [1.82, 2.24) is 5.43 Å². The molecule has 0 amide bonds. The molecule has 3 nitrogen and oxygen atoms in total. The van der Waals surface area contributed by atoms with Crippen LogP contribution < -0.4 is 5.43 Å². The molecule has 0 aromatic heterocycles. The second kappa shape index (κ2) is 5.75. The number of nitrogens with zero attached hydrogens (tertiary/aromatic N) is 1. The van der Waals surface area contributed by atoms with Crippen molar-refractivity contribution in [3.8, 4) is 0 Å². The highest BCUT2D eigenvalue weighted by molar-refractivity contribution is 6.13. The summed E-state index contributed by atoms with van der Waals surface area (Å²) < 4.78 is 0. The Balaban J connectivity index is 3.10. The third-order valence-corrected chi connectivity index (χ3v) is 1.98. The van der Waals surface area contributed by atoms with Crippen LogP contribution in [0.5, 0.6) is 0 Å². The van der Waals surface area contributed by atoms with Crippen LogP contribution in [0.3, 0.4) is 0 Å². The number of hydrazone groups is 1. The van der Waals surface area contributed by atoms with Crippen LogP contribution >= 0.6 is 0 Å². The van der Waals surface area contributed by atoms with E-state index in [4.69, 9.17) is 5.41 Å². The number of allylic oxidation sites excluding steroid dienone is 2. The van der Waals surface area contributed by atoms with Gasteiger partial charge in [0, 0.05) is 18.8 Å². The summed E-state index contributed by atoms with van der Waals surface area (Å²) in [5, 5.41) is 11.3. The summed E-state index contributed by atoms with van der Waals surface area (Å²) in [6.07, 6.45) is 2.99.